The first-order valence-corrected chi connectivity index (χ1v) is 17.1. The molecule has 232 valence electrons. The van der Waals surface area contributed by atoms with E-state index in [2.05, 4.69) is 17.1 Å². The van der Waals surface area contributed by atoms with Crippen molar-refractivity contribution in [2.75, 3.05) is 11.5 Å². The summed E-state index contributed by atoms with van der Waals surface area (Å²) in [5, 5.41) is 21.2. The third-order valence-electron chi connectivity index (χ3n) is 7.72. The minimum Gasteiger partial charge on any atom is -0.507 e. The first-order valence-electron chi connectivity index (χ1n) is 14.9. The molecule has 6 rings (SSSR count). The monoisotopic (exact) mass is 661 g/mol. The number of ether oxygens (including phenoxy) is 2. The summed E-state index contributed by atoms with van der Waals surface area (Å²) in [5.41, 5.74) is 2.92. The van der Waals surface area contributed by atoms with Crippen molar-refractivity contribution in [2.45, 2.75) is 61.8 Å². The fraction of sp³-hybridized carbons (Fsp3) is 0.294. The lowest BCUT2D eigenvalue weighted by Gasteiger charge is -2.23. The Balaban J connectivity index is 1.38. The minimum atomic E-state index is -0.943. The van der Waals surface area contributed by atoms with Crippen molar-refractivity contribution >= 4 is 57.3 Å². The van der Waals surface area contributed by atoms with Crippen molar-refractivity contribution in [1.29, 1.82) is 0 Å². The van der Waals surface area contributed by atoms with E-state index in [4.69, 9.17) is 21.1 Å². The molecule has 45 heavy (non-hydrogen) atoms. The van der Waals surface area contributed by atoms with Gasteiger partial charge in [0, 0.05) is 22.8 Å². The number of carbonyl (C=O) groups excluding carboxylic acids is 2. The molecule has 0 bridgehead atoms. The molecule has 0 aliphatic carbocycles. The number of hydrogen-bond acceptors (Lipinski definition) is 9. The van der Waals surface area contributed by atoms with E-state index in [1.54, 1.807) is 12.1 Å². The SMILES string of the molecule is CCCCCOc1cccc([C@@H]2C(=C(O)c3ccc4c(c3)C[C@H](C)O4)C(=O)C(=O)N2c2nnc(SCc3ccccc3Cl)s2)c1. The lowest BCUT2D eigenvalue weighted by molar-refractivity contribution is -0.132. The van der Waals surface area contributed by atoms with Crippen molar-refractivity contribution in [3.05, 3.63) is 99.6 Å². The number of anilines is 1. The Labute approximate surface area is 275 Å². The quantitative estimate of drug-likeness (QED) is 0.0431. The van der Waals surface area contributed by atoms with Gasteiger partial charge in [0.2, 0.25) is 5.13 Å². The molecule has 1 N–H and O–H groups in total. The van der Waals surface area contributed by atoms with Crippen LogP contribution in [-0.2, 0) is 21.8 Å². The predicted octanol–water partition coefficient (Wildman–Crippen LogP) is 8.00. The van der Waals surface area contributed by atoms with Gasteiger partial charge in [0.1, 0.15) is 23.4 Å². The van der Waals surface area contributed by atoms with Gasteiger partial charge in [-0.25, -0.2) is 0 Å². The molecule has 0 saturated carbocycles. The normalized spacial score (nSPS) is 18.7. The Kier molecular flexibility index (Phi) is 9.44. The number of thioether (sulfide) groups is 1. The number of amides is 1. The number of nitrogens with zero attached hydrogens (tertiary/aromatic N) is 3. The second-order valence-corrected chi connectivity index (χ2v) is 13.6. The van der Waals surface area contributed by atoms with Gasteiger partial charge in [0.25, 0.3) is 5.78 Å². The first-order chi connectivity index (χ1) is 21.8. The molecule has 11 heteroatoms. The number of ketones is 1. The Bertz CT molecular complexity index is 1770. The predicted molar refractivity (Wildman–Crippen MR) is 177 cm³/mol. The summed E-state index contributed by atoms with van der Waals surface area (Å²) >= 11 is 8.98. The molecule has 1 amide bonds. The third-order valence-corrected chi connectivity index (χ3v) is 10.2. The summed E-state index contributed by atoms with van der Waals surface area (Å²) in [6.07, 6.45) is 3.75. The molecule has 2 aliphatic heterocycles. The Morgan fingerprint density at radius 2 is 1.96 bits per heavy atom. The van der Waals surface area contributed by atoms with Crippen molar-refractivity contribution in [3.63, 3.8) is 0 Å². The highest BCUT2D eigenvalue weighted by Gasteiger charge is 2.48. The average Bonchev–Trinajstić information content (AvgIpc) is 3.73. The number of unbranched alkanes of at least 4 members (excludes halogenated alkanes) is 2. The molecule has 1 saturated heterocycles. The minimum absolute atomic E-state index is 0.0180. The van der Waals surface area contributed by atoms with Crippen LogP contribution >= 0.6 is 34.7 Å². The number of hydrogen-bond donors (Lipinski definition) is 1. The second-order valence-electron chi connectivity index (χ2n) is 11.0. The number of carbonyl (C=O) groups is 2. The number of aromatic nitrogens is 2. The van der Waals surface area contributed by atoms with Crippen LogP contribution in [0.1, 0.15) is 61.4 Å². The smallest absolute Gasteiger partial charge is 0.301 e. The Morgan fingerprint density at radius 3 is 2.78 bits per heavy atom. The lowest BCUT2D eigenvalue weighted by atomic mass is 9.94. The van der Waals surface area contributed by atoms with Crippen LogP contribution in [0.5, 0.6) is 11.5 Å². The van der Waals surface area contributed by atoms with E-state index in [-0.39, 0.29) is 22.6 Å². The van der Waals surface area contributed by atoms with E-state index in [0.29, 0.717) is 45.0 Å². The van der Waals surface area contributed by atoms with Crippen molar-refractivity contribution in [1.82, 2.24) is 10.2 Å². The van der Waals surface area contributed by atoms with Crippen molar-refractivity contribution in [3.8, 4) is 11.5 Å². The van der Waals surface area contributed by atoms with Gasteiger partial charge < -0.3 is 14.6 Å². The molecule has 1 aromatic heterocycles. The molecule has 2 aliphatic rings. The van der Waals surface area contributed by atoms with E-state index >= 15 is 0 Å². The van der Waals surface area contributed by atoms with Crippen molar-refractivity contribution < 1.29 is 24.2 Å². The number of Topliss-reactive ketones (excluding diaryl/α,β-unsaturated/α-hetero) is 1. The molecule has 8 nitrogen and oxygen atoms in total. The summed E-state index contributed by atoms with van der Waals surface area (Å²) in [6, 6.07) is 19.2. The summed E-state index contributed by atoms with van der Waals surface area (Å²) in [7, 11) is 0. The second kappa shape index (κ2) is 13.6. The molecule has 4 aromatic rings. The molecule has 0 radical (unpaired) electrons. The number of halogens is 1. The van der Waals surface area contributed by atoms with Crippen molar-refractivity contribution in [2.24, 2.45) is 0 Å². The van der Waals surface area contributed by atoms with Gasteiger partial charge in [-0.05, 0) is 66.4 Å². The molecule has 0 spiro atoms. The van der Waals surface area contributed by atoms with Gasteiger partial charge >= 0.3 is 5.91 Å². The first kappa shape index (κ1) is 31.1. The van der Waals surface area contributed by atoms with E-state index < -0.39 is 17.7 Å². The van der Waals surface area contributed by atoms with Crippen LogP contribution < -0.4 is 14.4 Å². The third kappa shape index (κ3) is 6.59. The highest BCUT2D eigenvalue weighted by molar-refractivity contribution is 8.00. The molecule has 3 aromatic carbocycles. The molecule has 1 fully saturated rings. The summed E-state index contributed by atoms with van der Waals surface area (Å²) in [4.78, 5) is 28.8. The number of aliphatic hydroxyl groups excluding tert-OH is 1. The van der Waals surface area contributed by atoms with Crippen LogP contribution in [0, 0.1) is 0 Å². The standard InChI is InChI=1S/C34H32ClN3O5S2/c1-3-4-7-15-42-25-11-8-10-21(18-25)29-28(30(39)22-13-14-27-24(17-22)16-20(2)43-27)31(40)32(41)38(29)33-36-37-34(45-33)44-19-23-9-5-6-12-26(23)35/h5-6,8-14,17-18,20,29,39H,3-4,7,15-16,19H2,1-2H3/t20-,29+/m0/s1. The maximum atomic E-state index is 13.7. The van der Waals surface area contributed by atoms with E-state index in [0.717, 1.165) is 36.1 Å². The summed E-state index contributed by atoms with van der Waals surface area (Å²) < 4.78 is 12.5. The number of benzene rings is 3. The largest absolute Gasteiger partial charge is 0.507 e. The number of aliphatic hydroxyl groups is 1. The zero-order valence-electron chi connectivity index (χ0n) is 24.9. The van der Waals surface area contributed by atoms with Gasteiger partial charge in [-0.15, -0.1) is 10.2 Å². The molecular formula is C34H32ClN3O5S2. The van der Waals surface area contributed by atoms with Gasteiger partial charge in [-0.1, -0.05) is 84.8 Å². The fourth-order valence-corrected chi connectivity index (χ4v) is 7.65. The van der Waals surface area contributed by atoms with Gasteiger partial charge in [0.05, 0.1) is 18.2 Å². The van der Waals surface area contributed by atoms with Gasteiger partial charge in [0.15, 0.2) is 4.34 Å². The van der Waals surface area contributed by atoms with Crippen LogP contribution in [0.4, 0.5) is 5.13 Å². The summed E-state index contributed by atoms with van der Waals surface area (Å²) in [6.45, 7) is 4.66. The van der Waals surface area contributed by atoms with E-state index in [1.165, 1.54) is 28.0 Å². The van der Waals surface area contributed by atoms with Crippen LogP contribution in [-0.4, -0.2) is 39.7 Å². The zero-order valence-corrected chi connectivity index (χ0v) is 27.3. The van der Waals surface area contributed by atoms with E-state index in [9.17, 15) is 14.7 Å². The highest BCUT2D eigenvalue weighted by atomic mass is 35.5. The molecule has 0 unspecified atom stereocenters. The summed E-state index contributed by atoms with van der Waals surface area (Å²) in [5.74, 6) is 0.0976. The lowest BCUT2D eigenvalue weighted by Crippen LogP contribution is -2.29. The van der Waals surface area contributed by atoms with Crippen LogP contribution in [0.25, 0.3) is 5.76 Å². The molecule has 3 heterocycles. The molecular weight excluding hydrogens is 630 g/mol. The van der Waals surface area contributed by atoms with Crippen LogP contribution in [0.2, 0.25) is 5.02 Å². The van der Waals surface area contributed by atoms with Gasteiger partial charge in [-0.3, -0.25) is 14.5 Å². The van der Waals surface area contributed by atoms with Crippen LogP contribution in [0.15, 0.2) is 76.6 Å². The highest BCUT2D eigenvalue weighted by Crippen LogP contribution is 2.45. The Morgan fingerprint density at radius 1 is 1.11 bits per heavy atom. The number of rotatable bonds is 11. The number of fused-ring (bicyclic) bond motifs is 1. The maximum absolute atomic E-state index is 13.7. The van der Waals surface area contributed by atoms with Crippen LogP contribution in [0.3, 0.4) is 0 Å². The van der Waals surface area contributed by atoms with E-state index in [1.807, 2.05) is 61.5 Å². The zero-order chi connectivity index (χ0) is 31.5. The fourth-order valence-electron chi connectivity index (χ4n) is 5.50. The maximum Gasteiger partial charge on any atom is 0.301 e. The topological polar surface area (TPSA) is 102 Å². The Hall–Kier alpha value is -3.86. The average molecular weight is 662 g/mol. The molecule has 2 atom stereocenters. The van der Waals surface area contributed by atoms with Gasteiger partial charge in [-0.2, -0.15) is 0 Å².